The predicted octanol–water partition coefficient (Wildman–Crippen LogP) is 1.21. The largest absolute Gasteiger partial charge is 0.399 e. The van der Waals surface area contributed by atoms with Crippen molar-refractivity contribution in [1.82, 2.24) is 0 Å². The molecular weight excluding hydrogens is 150 g/mol. The third kappa shape index (κ3) is 1.32. The SMILES string of the molecule is NNc1cc(N)ccc1Cl. The molecule has 0 spiro atoms. The second kappa shape index (κ2) is 2.77. The number of nitrogens with one attached hydrogen (secondary N) is 1. The Balaban J connectivity index is 3.09. The molecular formula is C6H8ClN3. The van der Waals surface area contributed by atoms with Crippen molar-refractivity contribution in [3.8, 4) is 0 Å². The van der Waals surface area contributed by atoms with Crippen LogP contribution in [0.15, 0.2) is 18.2 Å². The lowest BCUT2D eigenvalue weighted by Crippen LogP contribution is -2.07. The standard InChI is InChI=1S/C6H8ClN3/c7-5-2-1-4(8)3-6(5)10-9/h1-3,10H,8-9H2. The first-order valence-corrected chi connectivity index (χ1v) is 3.13. The maximum absolute atomic E-state index is 5.70. The van der Waals surface area contributed by atoms with Gasteiger partial charge in [0, 0.05) is 5.69 Å². The minimum absolute atomic E-state index is 0.566. The molecule has 0 amide bonds. The van der Waals surface area contributed by atoms with Gasteiger partial charge in [0.05, 0.1) is 10.7 Å². The Kier molecular flexibility index (Phi) is 1.99. The highest BCUT2D eigenvalue weighted by Crippen LogP contribution is 2.22. The first-order valence-electron chi connectivity index (χ1n) is 2.75. The van der Waals surface area contributed by atoms with Crippen molar-refractivity contribution < 1.29 is 0 Å². The number of rotatable bonds is 1. The van der Waals surface area contributed by atoms with E-state index in [9.17, 15) is 0 Å². The summed E-state index contributed by atoms with van der Waals surface area (Å²) in [6, 6.07) is 5.07. The van der Waals surface area contributed by atoms with Crippen LogP contribution in [-0.4, -0.2) is 0 Å². The molecule has 5 N–H and O–H groups in total. The van der Waals surface area contributed by atoms with Crippen LogP contribution in [0.1, 0.15) is 0 Å². The van der Waals surface area contributed by atoms with Crippen molar-refractivity contribution in [2.24, 2.45) is 5.84 Å². The molecule has 0 radical (unpaired) electrons. The van der Waals surface area contributed by atoms with Crippen molar-refractivity contribution in [3.05, 3.63) is 23.2 Å². The number of hydrogen-bond acceptors (Lipinski definition) is 3. The molecule has 0 saturated carbocycles. The maximum Gasteiger partial charge on any atom is 0.0692 e. The highest BCUT2D eigenvalue weighted by molar-refractivity contribution is 6.33. The third-order valence-electron chi connectivity index (χ3n) is 1.15. The van der Waals surface area contributed by atoms with Crippen LogP contribution >= 0.6 is 11.6 Å². The van der Waals surface area contributed by atoms with E-state index in [4.69, 9.17) is 23.2 Å². The van der Waals surface area contributed by atoms with Crippen molar-refractivity contribution in [2.45, 2.75) is 0 Å². The zero-order valence-electron chi connectivity index (χ0n) is 5.26. The zero-order valence-corrected chi connectivity index (χ0v) is 6.02. The smallest absolute Gasteiger partial charge is 0.0692 e. The lowest BCUT2D eigenvalue weighted by Gasteiger charge is -2.02. The summed E-state index contributed by atoms with van der Waals surface area (Å²) in [6.45, 7) is 0. The number of hydrogen-bond donors (Lipinski definition) is 3. The van der Waals surface area contributed by atoms with E-state index in [0.717, 1.165) is 0 Å². The fourth-order valence-electron chi connectivity index (χ4n) is 0.654. The minimum Gasteiger partial charge on any atom is -0.399 e. The fraction of sp³-hybridized carbons (Fsp3) is 0. The van der Waals surface area contributed by atoms with Gasteiger partial charge in [0.15, 0.2) is 0 Å². The molecule has 1 rings (SSSR count). The van der Waals surface area contributed by atoms with Gasteiger partial charge >= 0.3 is 0 Å². The third-order valence-corrected chi connectivity index (χ3v) is 1.48. The summed E-state index contributed by atoms with van der Waals surface area (Å²) >= 11 is 5.70. The van der Waals surface area contributed by atoms with Crippen LogP contribution in [0.3, 0.4) is 0 Å². The molecule has 54 valence electrons. The number of halogens is 1. The molecule has 0 aliphatic carbocycles. The zero-order chi connectivity index (χ0) is 7.56. The number of nitrogens with two attached hydrogens (primary N) is 2. The Morgan fingerprint density at radius 3 is 2.60 bits per heavy atom. The van der Waals surface area contributed by atoms with Crippen molar-refractivity contribution in [2.75, 3.05) is 11.2 Å². The van der Waals surface area contributed by atoms with Gasteiger partial charge in [-0.15, -0.1) is 0 Å². The number of hydrazine groups is 1. The lowest BCUT2D eigenvalue weighted by atomic mass is 10.3. The molecule has 3 nitrogen and oxygen atoms in total. The van der Waals surface area contributed by atoms with E-state index in [1.165, 1.54) is 0 Å². The quantitative estimate of drug-likeness (QED) is 0.326. The Labute approximate surface area is 63.9 Å². The molecule has 0 heterocycles. The van der Waals surface area contributed by atoms with Crippen LogP contribution < -0.4 is 17.0 Å². The van der Waals surface area contributed by atoms with E-state index in [0.29, 0.717) is 16.4 Å². The van der Waals surface area contributed by atoms with Crippen LogP contribution in [-0.2, 0) is 0 Å². The van der Waals surface area contributed by atoms with Gasteiger partial charge in [-0.3, -0.25) is 5.84 Å². The van der Waals surface area contributed by atoms with Crippen molar-refractivity contribution in [3.63, 3.8) is 0 Å². The normalized spacial score (nSPS) is 9.40. The molecule has 0 unspecified atom stereocenters. The fourth-order valence-corrected chi connectivity index (χ4v) is 0.826. The summed E-state index contributed by atoms with van der Waals surface area (Å²) in [4.78, 5) is 0. The average Bonchev–Trinajstić information content (AvgIpc) is 1.94. The molecule has 1 aromatic carbocycles. The van der Waals surface area contributed by atoms with Crippen LogP contribution in [0.2, 0.25) is 5.02 Å². The van der Waals surface area contributed by atoms with E-state index >= 15 is 0 Å². The summed E-state index contributed by atoms with van der Waals surface area (Å²) in [6.07, 6.45) is 0. The van der Waals surface area contributed by atoms with Gasteiger partial charge in [-0.2, -0.15) is 0 Å². The predicted molar refractivity (Wildman–Crippen MR) is 43.7 cm³/mol. The molecule has 4 heteroatoms. The topological polar surface area (TPSA) is 64.1 Å². The van der Waals surface area contributed by atoms with Gasteiger partial charge in [-0.1, -0.05) is 11.6 Å². The van der Waals surface area contributed by atoms with E-state index in [2.05, 4.69) is 5.43 Å². The molecule has 10 heavy (non-hydrogen) atoms. The summed E-state index contributed by atoms with van der Waals surface area (Å²) < 4.78 is 0. The van der Waals surface area contributed by atoms with Crippen LogP contribution in [0.4, 0.5) is 11.4 Å². The lowest BCUT2D eigenvalue weighted by molar-refractivity contribution is 1.35. The van der Waals surface area contributed by atoms with Crippen LogP contribution in [0.25, 0.3) is 0 Å². The summed E-state index contributed by atoms with van der Waals surface area (Å²) in [5.41, 5.74) is 9.15. The van der Waals surface area contributed by atoms with E-state index in [1.54, 1.807) is 18.2 Å². The molecule has 0 aromatic heterocycles. The second-order valence-corrected chi connectivity index (χ2v) is 2.29. The van der Waals surface area contributed by atoms with Gasteiger partial charge < -0.3 is 11.2 Å². The summed E-state index contributed by atoms with van der Waals surface area (Å²) in [5.74, 6) is 5.13. The van der Waals surface area contributed by atoms with Gasteiger partial charge in [-0.25, -0.2) is 0 Å². The Hall–Kier alpha value is -0.930. The molecule has 0 fully saturated rings. The van der Waals surface area contributed by atoms with Crippen LogP contribution in [0.5, 0.6) is 0 Å². The molecule has 0 aliphatic rings. The van der Waals surface area contributed by atoms with Gasteiger partial charge in [0.1, 0.15) is 0 Å². The Morgan fingerprint density at radius 1 is 1.40 bits per heavy atom. The first-order chi connectivity index (χ1) is 4.74. The summed E-state index contributed by atoms with van der Waals surface area (Å²) in [7, 11) is 0. The van der Waals surface area contributed by atoms with E-state index in [1.807, 2.05) is 0 Å². The van der Waals surface area contributed by atoms with Gasteiger partial charge in [-0.05, 0) is 18.2 Å². The van der Waals surface area contributed by atoms with Crippen LogP contribution in [0, 0.1) is 0 Å². The van der Waals surface area contributed by atoms with Gasteiger partial charge in [0.25, 0.3) is 0 Å². The van der Waals surface area contributed by atoms with Crippen molar-refractivity contribution in [1.29, 1.82) is 0 Å². The molecule has 1 aromatic rings. The number of benzene rings is 1. The monoisotopic (exact) mass is 157 g/mol. The van der Waals surface area contributed by atoms with Crippen molar-refractivity contribution >= 4 is 23.0 Å². The molecule has 0 atom stereocenters. The minimum atomic E-state index is 0.566. The highest BCUT2D eigenvalue weighted by Gasteiger charge is 1.95. The average molecular weight is 158 g/mol. The molecule has 0 aliphatic heterocycles. The summed E-state index contributed by atoms with van der Waals surface area (Å²) in [5, 5.41) is 0.566. The molecule has 0 bridgehead atoms. The second-order valence-electron chi connectivity index (χ2n) is 1.88. The number of nitrogen functional groups attached to an aromatic ring is 2. The maximum atomic E-state index is 5.70. The van der Waals surface area contributed by atoms with E-state index in [-0.39, 0.29) is 0 Å². The highest BCUT2D eigenvalue weighted by atomic mass is 35.5. The van der Waals surface area contributed by atoms with E-state index < -0.39 is 0 Å². The van der Waals surface area contributed by atoms with Gasteiger partial charge in [0.2, 0.25) is 0 Å². The molecule has 0 saturated heterocycles. The Bertz CT molecular complexity index is 236. The number of anilines is 2. The Morgan fingerprint density at radius 2 is 2.10 bits per heavy atom. The first kappa shape index (κ1) is 7.18.